The highest BCUT2D eigenvalue weighted by atomic mass is 35.5. The van der Waals surface area contributed by atoms with Gasteiger partial charge in [0.25, 0.3) is 5.91 Å². The molecule has 1 amide bonds. The number of rotatable bonds is 5. The number of benzene rings is 1. The lowest BCUT2D eigenvalue weighted by Crippen LogP contribution is -2.31. The van der Waals surface area contributed by atoms with Gasteiger partial charge in [0, 0.05) is 11.9 Å². The van der Waals surface area contributed by atoms with Gasteiger partial charge in [-0.15, -0.1) is 11.6 Å². The van der Waals surface area contributed by atoms with Crippen LogP contribution in [0.2, 0.25) is 0 Å². The van der Waals surface area contributed by atoms with Crippen LogP contribution in [0.15, 0.2) is 24.3 Å². The molecule has 1 aromatic carbocycles. The van der Waals surface area contributed by atoms with E-state index in [4.69, 9.17) is 11.6 Å². The summed E-state index contributed by atoms with van der Waals surface area (Å²) in [5, 5.41) is 3.02. The standard InChI is InChI=1S/C15H18ClF2NO2/c16-11-7-5-10(6-8-11)9-19-14(20)12-3-1-2-4-13(12)21-15(17)18/h1-4,10-11,15H,5-9H2,(H,19,20). The molecule has 1 aliphatic carbocycles. The van der Waals surface area contributed by atoms with Gasteiger partial charge in [0.15, 0.2) is 0 Å². The van der Waals surface area contributed by atoms with Gasteiger partial charge in [0.05, 0.1) is 5.56 Å². The molecule has 1 fully saturated rings. The Morgan fingerprint density at radius 2 is 1.95 bits per heavy atom. The van der Waals surface area contributed by atoms with E-state index in [9.17, 15) is 13.6 Å². The summed E-state index contributed by atoms with van der Waals surface area (Å²) >= 11 is 6.03. The van der Waals surface area contributed by atoms with Gasteiger partial charge >= 0.3 is 6.61 Å². The highest BCUT2D eigenvalue weighted by molar-refractivity contribution is 6.20. The number of carbonyl (C=O) groups excluding carboxylic acids is 1. The topological polar surface area (TPSA) is 38.3 Å². The lowest BCUT2D eigenvalue weighted by atomic mass is 9.89. The minimum atomic E-state index is -2.95. The molecule has 1 aliphatic rings. The Morgan fingerprint density at radius 1 is 1.29 bits per heavy atom. The molecule has 116 valence electrons. The van der Waals surface area contributed by atoms with Crippen molar-refractivity contribution in [1.82, 2.24) is 5.32 Å². The molecule has 1 N–H and O–H groups in total. The first kappa shape index (κ1) is 16.0. The van der Waals surface area contributed by atoms with Crippen molar-refractivity contribution >= 4 is 17.5 Å². The van der Waals surface area contributed by atoms with Crippen LogP contribution in [-0.4, -0.2) is 24.4 Å². The first-order valence-corrected chi connectivity index (χ1v) is 7.46. The summed E-state index contributed by atoms with van der Waals surface area (Å²) in [5.41, 5.74) is 0.129. The van der Waals surface area contributed by atoms with E-state index in [0.717, 1.165) is 25.7 Å². The molecule has 0 unspecified atom stereocenters. The zero-order chi connectivity index (χ0) is 15.2. The second kappa shape index (κ2) is 7.59. The van der Waals surface area contributed by atoms with Gasteiger partial charge in [0.1, 0.15) is 5.75 Å². The Labute approximate surface area is 127 Å². The van der Waals surface area contributed by atoms with Crippen LogP contribution in [0.5, 0.6) is 5.75 Å². The monoisotopic (exact) mass is 317 g/mol. The van der Waals surface area contributed by atoms with Gasteiger partial charge in [-0.2, -0.15) is 8.78 Å². The predicted octanol–water partition coefficient (Wildman–Crippen LogP) is 3.82. The third kappa shape index (κ3) is 4.84. The van der Waals surface area contributed by atoms with E-state index in [-0.39, 0.29) is 22.6 Å². The van der Waals surface area contributed by atoms with Crippen molar-refractivity contribution in [3.05, 3.63) is 29.8 Å². The van der Waals surface area contributed by atoms with Crippen LogP contribution in [-0.2, 0) is 0 Å². The van der Waals surface area contributed by atoms with Gasteiger partial charge in [-0.25, -0.2) is 0 Å². The fourth-order valence-corrected chi connectivity index (χ4v) is 2.76. The van der Waals surface area contributed by atoms with Crippen LogP contribution in [0.4, 0.5) is 8.78 Å². The number of ether oxygens (including phenoxy) is 1. The predicted molar refractivity (Wildman–Crippen MR) is 77.0 cm³/mol. The molecule has 0 atom stereocenters. The molecule has 21 heavy (non-hydrogen) atoms. The van der Waals surface area contributed by atoms with E-state index in [1.54, 1.807) is 12.1 Å². The summed E-state index contributed by atoms with van der Waals surface area (Å²) in [5.74, 6) is -0.0964. The maximum absolute atomic E-state index is 12.3. The molecule has 0 radical (unpaired) electrons. The SMILES string of the molecule is O=C(NCC1CCC(Cl)CC1)c1ccccc1OC(F)F. The third-order valence-corrected chi connectivity index (χ3v) is 4.11. The highest BCUT2D eigenvalue weighted by Crippen LogP contribution is 2.27. The summed E-state index contributed by atoms with van der Waals surface area (Å²) in [6.45, 7) is -2.41. The van der Waals surface area contributed by atoms with Crippen molar-refractivity contribution in [2.75, 3.05) is 6.54 Å². The van der Waals surface area contributed by atoms with Crippen molar-refractivity contribution < 1.29 is 18.3 Å². The number of amides is 1. The lowest BCUT2D eigenvalue weighted by molar-refractivity contribution is -0.0501. The number of nitrogens with one attached hydrogen (secondary N) is 1. The molecule has 2 rings (SSSR count). The summed E-state index contributed by atoms with van der Waals surface area (Å²) in [6, 6.07) is 6.00. The van der Waals surface area contributed by atoms with Crippen LogP contribution >= 0.6 is 11.6 Å². The molecular weight excluding hydrogens is 300 g/mol. The number of halogens is 3. The minimum absolute atomic E-state index is 0.102. The van der Waals surface area contributed by atoms with Crippen LogP contribution in [0.1, 0.15) is 36.0 Å². The summed E-state index contributed by atoms with van der Waals surface area (Å²) in [4.78, 5) is 12.1. The number of para-hydroxylation sites is 1. The number of hydrogen-bond donors (Lipinski definition) is 1. The molecule has 0 saturated heterocycles. The minimum Gasteiger partial charge on any atom is -0.434 e. The molecule has 0 aromatic heterocycles. The second-order valence-electron chi connectivity index (χ2n) is 5.20. The largest absolute Gasteiger partial charge is 0.434 e. The molecule has 6 heteroatoms. The first-order valence-electron chi connectivity index (χ1n) is 7.02. The van der Waals surface area contributed by atoms with Crippen LogP contribution in [0.3, 0.4) is 0 Å². The number of alkyl halides is 3. The molecule has 0 spiro atoms. The normalized spacial score (nSPS) is 22.1. The fraction of sp³-hybridized carbons (Fsp3) is 0.533. The second-order valence-corrected chi connectivity index (χ2v) is 5.82. The maximum Gasteiger partial charge on any atom is 0.387 e. The summed E-state index contributed by atoms with van der Waals surface area (Å²) < 4.78 is 29.0. The zero-order valence-electron chi connectivity index (χ0n) is 11.5. The van der Waals surface area contributed by atoms with Crippen LogP contribution in [0.25, 0.3) is 0 Å². The van der Waals surface area contributed by atoms with Gasteiger partial charge in [-0.3, -0.25) is 4.79 Å². The van der Waals surface area contributed by atoms with Crippen molar-refractivity contribution in [3.63, 3.8) is 0 Å². The van der Waals surface area contributed by atoms with E-state index in [1.165, 1.54) is 12.1 Å². The Bertz CT molecular complexity index is 476. The van der Waals surface area contributed by atoms with Crippen molar-refractivity contribution in [3.8, 4) is 5.75 Å². The maximum atomic E-state index is 12.3. The van der Waals surface area contributed by atoms with Gasteiger partial charge in [0.2, 0.25) is 0 Å². The van der Waals surface area contributed by atoms with E-state index >= 15 is 0 Å². The molecule has 0 aliphatic heterocycles. The Hall–Kier alpha value is -1.36. The molecular formula is C15H18ClF2NO2. The lowest BCUT2D eigenvalue weighted by Gasteiger charge is -2.25. The quantitative estimate of drug-likeness (QED) is 0.839. The van der Waals surface area contributed by atoms with E-state index in [0.29, 0.717) is 12.5 Å². The Balaban J connectivity index is 1.91. The number of hydrogen-bond acceptors (Lipinski definition) is 2. The molecule has 0 bridgehead atoms. The third-order valence-electron chi connectivity index (χ3n) is 3.68. The van der Waals surface area contributed by atoms with Crippen molar-refractivity contribution in [2.45, 2.75) is 37.7 Å². The summed E-state index contributed by atoms with van der Waals surface area (Å²) in [6.07, 6.45) is 3.85. The average molecular weight is 318 g/mol. The Kier molecular flexibility index (Phi) is 5.79. The van der Waals surface area contributed by atoms with E-state index in [2.05, 4.69) is 10.1 Å². The Morgan fingerprint density at radius 3 is 2.62 bits per heavy atom. The van der Waals surface area contributed by atoms with Crippen LogP contribution < -0.4 is 10.1 Å². The van der Waals surface area contributed by atoms with Gasteiger partial charge in [-0.1, -0.05) is 12.1 Å². The fourth-order valence-electron chi connectivity index (χ4n) is 2.51. The highest BCUT2D eigenvalue weighted by Gasteiger charge is 2.21. The molecule has 1 saturated carbocycles. The molecule has 1 aromatic rings. The molecule has 3 nitrogen and oxygen atoms in total. The zero-order valence-corrected chi connectivity index (χ0v) is 12.3. The first-order chi connectivity index (χ1) is 10.1. The van der Waals surface area contributed by atoms with E-state index < -0.39 is 6.61 Å². The average Bonchev–Trinajstić information content (AvgIpc) is 2.46. The van der Waals surface area contributed by atoms with Gasteiger partial charge < -0.3 is 10.1 Å². The van der Waals surface area contributed by atoms with Crippen molar-refractivity contribution in [2.24, 2.45) is 5.92 Å². The number of carbonyl (C=O) groups is 1. The van der Waals surface area contributed by atoms with Crippen molar-refractivity contribution in [1.29, 1.82) is 0 Å². The molecule has 0 heterocycles. The van der Waals surface area contributed by atoms with Crippen LogP contribution in [0, 0.1) is 5.92 Å². The summed E-state index contributed by atoms with van der Waals surface area (Å²) in [7, 11) is 0. The smallest absolute Gasteiger partial charge is 0.387 e. The van der Waals surface area contributed by atoms with E-state index in [1.807, 2.05) is 0 Å². The van der Waals surface area contributed by atoms with Gasteiger partial charge in [-0.05, 0) is 43.7 Å².